The summed E-state index contributed by atoms with van der Waals surface area (Å²) in [6.45, 7) is 3.31. The molecule has 5 aliphatic rings. The Bertz CT molecular complexity index is 1440. The Hall–Kier alpha value is -4.36. The van der Waals surface area contributed by atoms with Crippen LogP contribution >= 0.6 is 0 Å². The molecule has 8 nitrogen and oxygen atoms in total. The predicted octanol–water partition coefficient (Wildman–Crippen LogP) is 4.99. The Morgan fingerprint density at radius 2 is 0.976 bits per heavy atom. The molecule has 4 amide bonds. The highest BCUT2D eigenvalue weighted by atomic mass is 19.4. The predicted molar refractivity (Wildman–Crippen MR) is 131 cm³/mol. The number of halogens is 6. The number of alkyl halides is 6. The van der Waals surface area contributed by atoms with Crippen molar-refractivity contribution in [2.45, 2.75) is 26.6 Å². The van der Waals surface area contributed by atoms with Gasteiger partial charge in [-0.3, -0.25) is 29.0 Å². The number of rotatable bonds is 4. The van der Waals surface area contributed by atoms with Gasteiger partial charge in [0.2, 0.25) is 23.6 Å². The number of hydrogen-bond donors (Lipinski definition) is 0. The average Bonchev–Trinajstić information content (AvgIpc) is 3.30. The molecule has 2 bridgehead atoms. The number of nitrogens with zero attached hydrogens (tertiary/aromatic N) is 2. The smallest absolute Gasteiger partial charge is 0.406 e. The molecule has 4 atom stereocenters. The maximum absolute atomic E-state index is 13.8. The molecule has 0 unspecified atom stereocenters. The highest BCUT2D eigenvalue weighted by Crippen LogP contribution is 2.66. The Kier molecular flexibility index (Phi) is 5.84. The van der Waals surface area contributed by atoms with Gasteiger partial charge in [-0.2, -0.15) is 0 Å². The van der Waals surface area contributed by atoms with Crippen molar-refractivity contribution < 1.29 is 55.0 Å². The maximum Gasteiger partial charge on any atom is 0.573 e. The molecule has 2 heterocycles. The van der Waals surface area contributed by atoms with Gasteiger partial charge in [0, 0.05) is 11.3 Å². The molecule has 0 aromatic heterocycles. The number of carbonyl (C=O) groups excluding carboxylic acids is 4. The number of anilines is 2. The maximum atomic E-state index is 13.8. The topological polar surface area (TPSA) is 93.2 Å². The van der Waals surface area contributed by atoms with E-state index in [4.69, 9.17) is 0 Å². The van der Waals surface area contributed by atoms with Crippen LogP contribution in [0.2, 0.25) is 0 Å². The van der Waals surface area contributed by atoms with Crippen LogP contribution in [0.3, 0.4) is 0 Å². The Labute approximate surface area is 233 Å². The van der Waals surface area contributed by atoms with Crippen LogP contribution in [-0.2, 0) is 19.2 Å². The van der Waals surface area contributed by atoms with Crippen LogP contribution in [0.15, 0.2) is 60.2 Å². The first kappa shape index (κ1) is 27.8. The van der Waals surface area contributed by atoms with Crippen LogP contribution in [-0.4, -0.2) is 36.4 Å². The summed E-state index contributed by atoms with van der Waals surface area (Å²) in [6.07, 6.45) is -8.14. The first-order chi connectivity index (χ1) is 19.5. The molecule has 220 valence electrons. The molecule has 3 fully saturated rings. The fourth-order valence-corrected chi connectivity index (χ4v) is 7.27. The Balaban J connectivity index is 1.33. The molecule has 2 aromatic rings. The fraction of sp³-hybridized carbons (Fsp3) is 0.357. The zero-order chi connectivity index (χ0) is 30.5. The molecule has 2 aromatic carbocycles. The lowest BCUT2D eigenvalue weighted by molar-refractivity contribution is -0.275. The number of ether oxygens (including phenoxy) is 2. The molecule has 7 rings (SSSR count). The van der Waals surface area contributed by atoms with E-state index < -0.39 is 82.9 Å². The van der Waals surface area contributed by atoms with E-state index in [2.05, 4.69) is 9.47 Å². The number of carbonyl (C=O) groups is 4. The third kappa shape index (κ3) is 4.06. The van der Waals surface area contributed by atoms with Crippen LogP contribution in [0.25, 0.3) is 0 Å². The zero-order valence-electron chi connectivity index (χ0n) is 21.7. The van der Waals surface area contributed by atoms with Gasteiger partial charge in [-0.15, -0.1) is 26.3 Å². The summed E-state index contributed by atoms with van der Waals surface area (Å²) < 4.78 is 83.2. The van der Waals surface area contributed by atoms with Crippen molar-refractivity contribution in [3.05, 3.63) is 60.2 Å². The largest absolute Gasteiger partial charge is 0.573 e. The first-order valence-corrected chi connectivity index (χ1v) is 12.7. The summed E-state index contributed by atoms with van der Waals surface area (Å²) in [5.41, 5.74) is -0.621. The molecular weight excluding hydrogens is 574 g/mol. The van der Waals surface area contributed by atoms with Gasteiger partial charge in [-0.25, -0.2) is 0 Å². The molecule has 3 aliphatic carbocycles. The van der Waals surface area contributed by atoms with Gasteiger partial charge in [-0.1, -0.05) is 18.6 Å². The highest BCUT2D eigenvalue weighted by molar-refractivity contribution is 6.26. The molecule has 0 N–H and O–H groups in total. The van der Waals surface area contributed by atoms with E-state index in [0.717, 1.165) is 58.3 Å². The van der Waals surface area contributed by atoms with Crippen LogP contribution in [0.5, 0.6) is 11.5 Å². The van der Waals surface area contributed by atoms with E-state index in [1.165, 1.54) is 0 Å². The van der Waals surface area contributed by atoms with Crippen molar-refractivity contribution in [2.75, 3.05) is 9.80 Å². The van der Waals surface area contributed by atoms with E-state index in [9.17, 15) is 45.5 Å². The molecule has 42 heavy (non-hydrogen) atoms. The first-order valence-electron chi connectivity index (χ1n) is 12.7. The van der Waals surface area contributed by atoms with Gasteiger partial charge in [0.05, 0.1) is 35.0 Å². The number of benzene rings is 2. The number of imide groups is 2. The van der Waals surface area contributed by atoms with Gasteiger partial charge in [-0.05, 0) is 55.5 Å². The second kappa shape index (κ2) is 8.82. The van der Waals surface area contributed by atoms with E-state index in [-0.39, 0.29) is 11.4 Å². The van der Waals surface area contributed by atoms with Crippen molar-refractivity contribution in [2.24, 2.45) is 35.0 Å². The second-order valence-corrected chi connectivity index (χ2v) is 10.9. The second-order valence-electron chi connectivity index (χ2n) is 10.9. The lowest BCUT2D eigenvalue weighted by Crippen LogP contribution is -2.57. The normalized spacial score (nSPS) is 30.5. The Morgan fingerprint density at radius 3 is 1.31 bits per heavy atom. The Morgan fingerprint density at radius 1 is 0.619 bits per heavy atom. The summed E-state index contributed by atoms with van der Waals surface area (Å²) in [7, 11) is 0. The number of amides is 4. The van der Waals surface area contributed by atoms with E-state index >= 15 is 0 Å². The molecule has 1 saturated carbocycles. The van der Waals surface area contributed by atoms with Crippen LogP contribution < -0.4 is 19.3 Å². The van der Waals surface area contributed by atoms with E-state index in [0.29, 0.717) is 5.57 Å². The fourth-order valence-electron chi connectivity index (χ4n) is 7.27. The van der Waals surface area contributed by atoms with Crippen molar-refractivity contribution >= 4 is 35.0 Å². The third-order valence-electron chi connectivity index (χ3n) is 8.54. The molecule has 0 radical (unpaired) electrons. The van der Waals surface area contributed by atoms with Crippen LogP contribution in [0.4, 0.5) is 37.7 Å². The highest BCUT2D eigenvalue weighted by Gasteiger charge is 2.74. The lowest BCUT2D eigenvalue weighted by atomic mass is 9.46. The van der Waals surface area contributed by atoms with Crippen LogP contribution in [0, 0.1) is 35.0 Å². The molecule has 2 saturated heterocycles. The van der Waals surface area contributed by atoms with Gasteiger partial charge in [0.1, 0.15) is 11.5 Å². The molecule has 0 spiro atoms. The van der Waals surface area contributed by atoms with Gasteiger partial charge in [0.15, 0.2) is 0 Å². The van der Waals surface area contributed by atoms with Crippen molar-refractivity contribution in [1.29, 1.82) is 0 Å². The molecule has 14 heteroatoms. The SMILES string of the molecule is CC1=CC2(C)[C@H]3C(=O)N(c4ccc(OC(F)(F)F)cc4)C(=O)[C@@H]3C1[C@H]1C(=O)N(c3ccc(OC(F)(F)F)cc3)C(=O)[C@@H]12. The molecule has 2 aliphatic heterocycles. The van der Waals surface area contributed by atoms with E-state index in [1.807, 2.05) is 0 Å². The minimum absolute atomic E-state index is 0.0141. The van der Waals surface area contributed by atoms with Gasteiger partial charge >= 0.3 is 12.7 Å². The minimum Gasteiger partial charge on any atom is -0.406 e. The van der Waals surface area contributed by atoms with Gasteiger partial charge < -0.3 is 9.47 Å². The monoisotopic (exact) mass is 594 g/mol. The summed E-state index contributed by atoms with van der Waals surface area (Å²) in [4.78, 5) is 56.9. The van der Waals surface area contributed by atoms with Gasteiger partial charge in [0.25, 0.3) is 0 Å². The quantitative estimate of drug-likeness (QED) is 0.282. The summed E-state index contributed by atoms with van der Waals surface area (Å²) in [5.74, 6) is -8.63. The van der Waals surface area contributed by atoms with Crippen molar-refractivity contribution in [3.8, 4) is 11.5 Å². The average molecular weight is 594 g/mol. The van der Waals surface area contributed by atoms with Crippen molar-refractivity contribution in [3.63, 3.8) is 0 Å². The molecular formula is C28H20F6N2O6. The van der Waals surface area contributed by atoms with E-state index in [1.54, 1.807) is 19.9 Å². The van der Waals surface area contributed by atoms with Crippen molar-refractivity contribution in [1.82, 2.24) is 0 Å². The number of hydrogen-bond acceptors (Lipinski definition) is 6. The van der Waals surface area contributed by atoms with Crippen LogP contribution in [0.1, 0.15) is 13.8 Å². The zero-order valence-corrected chi connectivity index (χ0v) is 21.7. The lowest BCUT2D eigenvalue weighted by Gasteiger charge is -2.53. The third-order valence-corrected chi connectivity index (χ3v) is 8.54. The summed E-state index contributed by atoms with van der Waals surface area (Å²) in [6, 6.07) is 8.44. The number of allylic oxidation sites excluding steroid dienone is 2. The summed E-state index contributed by atoms with van der Waals surface area (Å²) >= 11 is 0. The summed E-state index contributed by atoms with van der Waals surface area (Å²) in [5, 5.41) is 0. The standard InChI is InChI=1S/C28H20F6N2O6/c1-12-11-26(2)20-18(22(37)35(24(20)39)13-3-7-15(8-4-13)41-27(29,30)31)17(12)19-21(26)25(40)36(23(19)38)14-5-9-16(10-6-14)42-28(32,33)34/h3-11,17-21H,1-2H3/t17?,18-,19-,20-,21-,26?/m1/s1. The minimum atomic E-state index is -4.93.